The minimum Gasteiger partial charge on any atom is -0.496 e. The highest BCUT2D eigenvalue weighted by atomic mass is 32.1. The van der Waals surface area contributed by atoms with E-state index < -0.39 is 0 Å². The van der Waals surface area contributed by atoms with Crippen LogP contribution < -0.4 is 10.1 Å². The van der Waals surface area contributed by atoms with E-state index in [0.717, 1.165) is 33.5 Å². The summed E-state index contributed by atoms with van der Waals surface area (Å²) in [6.45, 7) is 1.35. The van der Waals surface area contributed by atoms with Gasteiger partial charge >= 0.3 is 0 Å². The van der Waals surface area contributed by atoms with Crippen LogP contribution in [0.15, 0.2) is 65.4 Å². The number of aromatic nitrogens is 1. The fraction of sp³-hybridized carbons (Fsp3) is 0.136. The van der Waals surface area contributed by atoms with Crippen molar-refractivity contribution in [1.82, 2.24) is 10.3 Å². The Morgan fingerprint density at radius 1 is 1.04 bits per heavy atom. The van der Waals surface area contributed by atoms with Gasteiger partial charge in [-0.2, -0.15) is 11.3 Å². The molecule has 27 heavy (non-hydrogen) atoms. The highest BCUT2D eigenvalue weighted by Crippen LogP contribution is 2.28. The molecule has 1 N–H and O–H groups in total. The van der Waals surface area contributed by atoms with E-state index in [4.69, 9.17) is 9.72 Å². The number of hydrogen-bond donors (Lipinski definition) is 1. The van der Waals surface area contributed by atoms with E-state index in [2.05, 4.69) is 16.8 Å². The summed E-state index contributed by atoms with van der Waals surface area (Å²) < 4.78 is 19.0. The number of thiophene rings is 1. The first kappa shape index (κ1) is 17.6. The number of para-hydroxylation sites is 1. The lowest BCUT2D eigenvalue weighted by atomic mass is 10.0. The van der Waals surface area contributed by atoms with Crippen molar-refractivity contribution in [2.75, 3.05) is 7.11 Å². The summed E-state index contributed by atoms with van der Waals surface area (Å²) in [4.78, 5) is 4.74. The van der Waals surface area contributed by atoms with Crippen LogP contribution in [0.25, 0.3) is 22.2 Å². The van der Waals surface area contributed by atoms with E-state index in [1.807, 2.05) is 35.7 Å². The Morgan fingerprint density at radius 3 is 2.70 bits per heavy atom. The fourth-order valence-electron chi connectivity index (χ4n) is 3.15. The third-order valence-corrected chi connectivity index (χ3v) is 5.16. The quantitative estimate of drug-likeness (QED) is 0.488. The van der Waals surface area contributed by atoms with Gasteiger partial charge in [-0.3, -0.25) is 0 Å². The molecule has 0 spiro atoms. The van der Waals surface area contributed by atoms with Gasteiger partial charge in [0.05, 0.1) is 18.3 Å². The molecule has 2 aromatic heterocycles. The van der Waals surface area contributed by atoms with E-state index in [1.54, 1.807) is 24.5 Å². The summed E-state index contributed by atoms with van der Waals surface area (Å²) in [6, 6.07) is 16.8. The third-order valence-electron chi connectivity index (χ3n) is 4.48. The molecule has 2 aromatic carbocycles. The van der Waals surface area contributed by atoms with Crippen molar-refractivity contribution >= 4 is 22.2 Å². The van der Waals surface area contributed by atoms with Gasteiger partial charge in [0.2, 0.25) is 0 Å². The third kappa shape index (κ3) is 3.84. The minimum absolute atomic E-state index is 0.270. The molecule has 0 bridgehead atoms. The average molecular weight is 378 g/mol. The van der Waals surface area contributed by atoms with Gasteiger partial charge in [0.15, 0.2) is 0 Å². The molecule has 5 heteroatoms. The number of methoxy groups -OCH3 is 1. The van der Waals surface area contributed by atoms with Crippen molar-refractivity contribution < 1.29 is 9.13 Å². The molecule has 0 unspecified atom stereocenters. The zero-order chi connectivity index (χ0) is 18.6. The van der Waals surface area contributed by atoms with Crippen LogP contribution in [0.3, 0.4) is 0 Å². The van der Waals surface area contributed by atoms with Crippen molar-refractivity contribution in [2.24, 2.45) is 0 Å². The minimum atomic E-state index is -0.270. The molecule has 3 nitrogen and oxygen atoms in total. The number of hydrogen-bond acceptors (Lipinski definition) is 4. The molecule has 0 radical (unpaired) electrons. The summed E-state index contributed by atoms with van der Waals surface area (Å²) in [7, 11) is 1.68. The average Bonchev–Trinajstić information content (AvgIpc) is 3.22. The summed E-state index contributed by atoms with van der Waals surface area (Å²) in [5.74, 6) is 0.600. The Bertz CT molecular complexity index is 1060. The summed E-state index contributed by atoms with van der Waals surface area (Å²) in [6.07, 6.45) is 0. The number of rotatable bonds is 6. The first-order chi connectivity index (χ1) is 13.2. The number of benzene rings is 2. The van der Waals surface area contributed by atoms with Gasteiger partial charge < -0.3 is 10.1 Å². The molecule has 4 rings (SSSR count). The van der Waals surface area contributed by atoms with Crippen LogP contribution in [0.1, 0.15) is 11.1 Å². The Hall–Kier alpha value is -2.76. The molecule has 0 aliphatic rings. The zero-order valence-corrected chi connectivity index (χ0v) is 15.7. The summed E-state index contributed by atoms with van der Waals surface area (Å²) in [5, 5.41) is 8.51. The Morgan fingerprint density at radius 2 is 1.89 bits per heavy atom. The maximum Gasteiger partial charge on any atom is 0.125 e. The Kier molecular flexibility index (Phi) is 5.14. The molecule has 136 valence electrons. The Labute approximate surface area is 161 Å². The normalized spacial score (nSPS) is 11.0. The van der Waals surface area contributed by atoms with Crippen molar-refractivity contribution in [2.45, 2.75) is 13.1 Å². The van der Waals surface area contributed by atoms with Crippen LogP contribution in [0.5, 0.6) is 5.75 Å². The van der Waals surface area contributed by atoms with E-state index in [1.165, 1.54) is 12.1 Å². The fourth-order valence-corrected chi connectivity index (χ4v) is 3.79. The van der Waals surface area contributed by atoms with Gasteiger partial charge in [-0.05, 0) is 41.3 Å². The second kappa shape index (κ2) is 7.86. The molecule has 0 amide bonds. The number of fused-ring (bicyclic) bond motifs is 1. The SMILES string of the molecule is COc1ccccc1CNCc1cc2ccc(F)cc2nc1-c1ccsc1. The monoisotopic (exact) mass is 378 g/mol. The largest absolute Gasteiger partial charge is 0.496 e. The van der Waals surface area contributed by atoms with Crippen molar-refractivity contribution in [3.63, 3.8) is 0 Å². The lowest BCUT2D eigenvalue weighted by Gasteiger charge is -2.13. The van der Waals surface area contributed by atoms with Gasteiger partial charge in [0.25, 0.3) is 0 Å². The molecule has 0 saturated carbocycles. The highest BCUT2D eigenvalue weighted by Gasteiger charge is 2.11. The molecule has 0 saturated heterocycles. The molecule has 0 aliphatic carbocycles. The lowest BCUT2D eigenvalue weighted by Crippen LogP contribution is -2.14. The zero-order valence-electron chi connectivity index (χ0n) is 14.9. The molecule has 4 aromatic rings. The number of nitrogens with one attached hydrogen (secondary N) is 1. The molecule has 0 aliphatic heterocycles. The van der Waals surface area contributed by atoms with Crippen LogP contribution in [-0.2, 0) is 13.1 Å². The molecule has 0 fully saturated rings. The van der Waals surface area contributed by atoms with Gasteiger partial charge in [-0.15, -0.1) is 0 Å². The predicted molar refractivity (Wildman–Crippen MR) is 109 cm³/mol. The van der Waals surface area contributed by atoms with Crippen LogP contribution >= 0.6 is 11.3 Å². The number of nitrogens with zero attached hydrogens (tertiary/aromatic N) is 1. The van der Waals surface area contributed by atoms with Crippen molar-refractivity contribution in [1.29, 1.82) is 0 Å². The Balaban J connectivity index is 1.63. The van der Waals surface area contributed by atoms with Crippen LogP contribution in [0.2, 0.25) is 0 Å². The molecular weight excluding hydrogens is 359 g/mol. The first-order valence-electron chi connectivity index (χ1n) is 8.69. The molecular formula is C22H19FN2OS. The number of ether oxygens (including phenoxy) is 1. The van der Waals surface area contributed by atoms with Crippen LogP contribution in [0, 0.1) is 5.82 Å². The van der Waals surface area contributed by atoms with E-state index in [0.29, 0.717) is 18.6 Å². The van der Waals surface area contributed by atoms with Crippen LogP contribution in [-0.4, -0.2) is 12.1 Å². The van der Waals surface area contributed by atoms with Crippen molar-refractivity contribution in [3.8, 4) is 17.0 Å². The summed E-state index contributed by atoms with van der Waals surface area (Å²) in [5.41, 5.74) is 4.81. The van der Waals surface area contributed by atoms with E-state index in [9.17, 15) is 4.39 Å². The van der Waals surface area contributed by atoms with Gasteiger partial charge in [0.1, 0.15) is 11.6 Å². The van der Waals surface area contributed by atoms with E-state index in [-0.39, 0.29) is 5.82 Å². The number of halogens is 1. The predicted octanol–water partition coefficient (Wildman–Crippen LogP) is 5.40. The standard InChI is InChI=1S/C22H19FN2OS/c1-26-21-5-3-2-4-16(21)12-24-13-18-10-15-6-7-19(23)11-20(15)25-22(18)17-8-9-27-14-17/h2-11,14,24H,12-13H2,1H3. The van der Waals surface area contributed by atoms with Gasteiger partial charge in [0, 0.05) is 41.0 Å². The second-order valence-electron chi connectivity index (χ2n) is 6.26. The topological polar surface area (TPSA) is 34.1 Å². The first-order valence-corrected chi connectivity index (χ1v) is 9.63. The van der Waals surface area contributed by atoms with Gasteiger partial charge in [-0.1, -0.05) is 18.2 Å². The lowest BCUT2D eigenvalue weighted by molar-refractivity contribution is 0.407. The number of pyridine rings is 1. The second-order valence-corrected chi connectivity index (χ2v) is 7.04. The smallest absolute Gasteiger partial charge is 0.125 e. The molecule has 2 heterocycles. The van der Waals surface area contributed by atoms with Crippen LogP contribution in [0.4, 0.5) is 4.39 Å². The highest BCUT2D eigenvalue weighted by molar-refractivity contribution is 7.08. The maximum atomic E-state index is 13.6. The maximum absolute atomic E-state index is 13.6. The van der Waals surface area contributed by atoms with E-state index >= 15 is 0 Å². The van der Waals surface area contributed by atoms with Crippen molar-refractivity contribution in [3.05, 3.63) is 82.3 Å². The molecule has 0 atom stereocenters. The van der Waals surface area contributed by atoms with Gasteiger partial charge in [-0.25, -0.2) is 9.37 Å². The summed E-state index contributed by atoms with van der Waals surface area (Å²) >= 11 is 1.63.